The fourth-order valence-corrected chi connectivity index (χ4v) is 4.94. The first-order valence-electron chi connectivity index (χ1n) is 7.38. The predicted molar refractivity (Wildman–Crippen MR) is 70.2 cm³/mol. The van der Waals surface area contributed by atoms with Gasteiger partial charge in [-0.1, -0.05) is 13.0 Å². The van der Waals surface area contributed by atoms with Crippen LogP contribution in [-0.4, -0.2) is 57.8 Å². The summed E-state index contributed by atoms with van der Waals surface area (Å²) in [6, 6.07) is 0. The highest BCUT2D eigenvalue weighted by Crippen LogP contribution is 2.67. The number of rotatable bonds is 0. The fraction of sp³-hybridized carbons (Fsp3) is 0.733. The molecule has 2 unspecified atom stereocenters. The number of aliphatic hydroxyl groups is 3. The van der Waals surface area contributed by atoms with E-state index < -0.39 is 52.6 Å². The van der Waals surface area contributed by atoms with Crippen LogP contribution in [0.4, 0.5) is 0 Å². The fourth-order valence-electron chi connectivity index (χ4n) is 4.94. The lowest BCUT2D eigenvalue weighted by Crippen LogP contribution is -2.71. The molecule has 0 aromatic rings. The monoisotopic (exact) mass is 310 g/mol. The van der Waals surface area contributed by atoms with E-state index in [0.717, 1.165) is 0 Å². The van der Waals surface area contributed by atoms with E-state index in [0.29, 0.717) is 5.57 Å². The maximum atomic E-state index is 12.2. The van der Waals surface area contributed by atoms with Gasteiger partial charge in [-0.05, 0) is 18.4 Å². The molecule has 22 heavy (non-hydrogen) atoms. The maximum absolute atomic E-state index is 12.2. The molecule has 0 aromatic carbocycles. The van der Waals surface area contributed by atoms with Gasteiger partial charge in [0.15, 0.2) is 6.10 Å². The number of esters is 2. The third kappa shape index (κ3) is 1.15. The van der Waals surface area contributed by atoms with Crippen molar-refractivity contribution < 1.29 is 34.4 Å². The van der Waals surface area contributed by atoms with Gasteiger partial charge >= 0.3 is 11.9 Å². The van der Waals surface area contributed by atoms with Crippen LogP contribution in [0.25, 0.3) is 0 Å². The van der Waals surface area contributed by atoms with Crippen LogP contribution in [0.3, 0.4) is 0 Å². The van der Waals surface area contributed by atoms with E-state index >= 15 is 0 Å². The Kier molecular flexibility index (Phi) is 2.40. The van der Waals surface area contributed by atoms with Crippen LogP contribution < -0.4 is 0 Å². The number of aliphatic hydroxyl groups excluding tert-OH is 2. The van der Waals surface area contributed by atoms with Gasteiger partial charge in [-0.3, -0.25) is 0 Å². The Bertz CT molecular complexity index is 627. The Hall–Kier alpha value is -1.44. The van der Waals surface area contributed by atoms with Crippen LogP contribution in [0.1, 0.15) is 20.3 Å². The van der Waals surface area contributed by atoms with Gasteiger partial charge in [0.25, 0.3) is 0 Å². The molecular weight excluding hydrogens is 292 g/mol. The molecule has 4 rings (SSSR count). The summed E-state index contributed by atoms with van der Waals surface area (Å²) in [7, 11) is 0. The number of hydrogen-bond donors (Lipinski definition) is 3. The Morgan fingerprint density at radius 2 is 2.00 bits per heavy atom. The van der Waals surface area contributed by atoms with Crippen LogP contribution in [0.15, 0.2) is 11.6 Å². The second-order valence-electron chi connectivity index (χ2n) is 7.11. The summed E-state index contributed by atoms with van der Waals surface area (Å²) in [5, 5.41) is 31.8. The zero-order valence-corrected chi connectivity index (χ0v) is 12.3. The highest BCUT2D eigenvalue weighted by Gasteiger charge is 2.78. The Morgan fingerprint density at radius 1 is 1.32 bits per heavy atom. The number of hydrogen-bond acceptors (Lipinski definition) is 7. The molecule has 0 aromatic heterocycles. The first-order valence-corrected chi connectivity index (χ1v) is 7.38. The van der Waals surface area contributed by atoms with Crippen molar-refractivity contribution in [3.05, 3.63) is 11.6 Å². The normalized spacial score (nSPS) is 56.0. The summed E-state index contributed by atoms with van der Waals surface area (Å²) < 4.78 is 10.2. The molecule has 2 aliphatic carbocycles. The van der Waals surface area contributed by atoms with Gasteiger partial charge in [0, 0.05) is 11.8 Å². The Labute approximate surface area is 126 Å². The lowest BCUT2D eigenvalue weighted by Gasteiger charge is -2.58. The quantitative estimate of drug-likeness (QED) is 0.384. The standard InChI is InChI=1S/C15H18O7/c1-6-7(16)3-8-13(2)5-21-12(19)15(13,20)9-4-14(6,8)10(17)11(18)22-9/h3,6-7,9-10,16-17,20H,4-5H2,1-2H3/t6-,7-,9?,10+,13+,14?,15-/m1/s1. The molecular formula is C15H18O7. The van der Waals surface area contributed by atoms with Gasteiger partial charge in [-0.25, -0.2) is 9.59 Å². The van der Waals surface area contributed by atoms with E-state index in [1.54, 1.807) is 19.9 Å². The summed E-state index contributed by atoms with van der Waals surface area (Å²) in [5.74, 6) is -2.13. The van der Waals surface area contributed by atoms with Crippen molar-refractivity contribution in [1.29, 1.82) is 0 Å². The molecule has 3 fully saturated rings. The molecule has 7 atom stereocenters. The van der Waals surface area contributed by atoms with Crippen molar-refractivity contribution in [2.75, 3.05) is 6.61 Å². The number of fused-ring (bicyclic) bond motifs is 4. The van der Waals surface area contributed by atoms with E-state index in [1.807, 2.05) is 0 Å². The van der Waals surface area contributed by atoms with Gasteiger partial charge in [0.1, 0.15) is 12.7 Å². The summed E-state index contributed by atoms with van der Waals surface area (Å²) in [6.45, 7) is 3.33. The molecule has 2 aliphatic heterocycles. The first-order chi connectivity index (χ1) is 10.2. The van der Waals surface area contributed by atoms with E-state index in [1.165, 1.54) is 0 Å². The van der Waals surface area contributed by atoms with Crippen molar-refractivity contribution in [1.82, 2.24) is 0 Å². The van der Waals surface area contributed by atoms with Crippen LogP contribution in [0, 0.1) is 16.7 Å². The Morgan fingerprint density at radius 3 is 2.68 bits per heavy atom. The van der Waals surface area contributed by atoms with Gasteiger partial charge in [0.05, 0.1) is 11.5 Å². The summed E-state index contributed by atoms with van der Waals surface area (Å²) in [4.78, 5) is 24.3. The summed E-state index contributed by atoms with van der Waals surface area (Å²) >= 11 is 0. The lowest BCUT2D eigenvalue weighted by molar-refractivity contribution is -0.234. The number of carbonyl (C=O) groups excluding carboxylic acids is 2. The zero-order valence-electron chi connectivity index (χ0n) is 12.3. The van der Waals surface area contributed by atoms with Gasteiger partial charge in [0.2, 0.25) is 5.60 Å². The van der Waals surface area contributed by atoms with Crippen LogP contribution in [-0.2, 0) is 19.1 Å². The highest BCUT2D eigenvalue weighted by atomic mass is 16.6. The average molecular weight is 310 g/mol. The summed E-state index contributed by atoms with van der Waals surface area (Å²) in [5.41, 5.74) is -3.63. The zero-order chi connectivity index (χ0) is 16.1. The molecule has 3 N–H and O–H groups in total. The smallest absolute Gasteiger partial charge is 0.343 e. The van der Waals surface area contributed by atoms with Gasteiger partial charge < -0.3 is 24.8 Å². The molecule has 2 bridgehead atoms. The SMILES string of the molecule is C[C@@H]1[C@H](O)C=C2C13CC(OC(=O)[C@@H]3O)[C@@]1(O)C(=O)OC[C@@]21C. The van der Waals surface area contributed by atoms with Crippen molar-refractivity contribution in [2.45, 2.75) is 44.2 Å². The molecule has 0 radical (unpaired) electrons. The highest BCUT2D eigenvalue weighted by molar-refractivity contribution is 5.88. The first kappa shape index (κ1) is 14.2. The maximum Gasteiger partial charge on any atom is 0.343 e. The molecule has 1 saturated carbocycles. The summed E-state index contributed by atoms with van der Waals surface area (Å²) in [6.07, 6.45) is -1.75. The molecule has 7 nitrogen and oxygen atoms in total. The predicted octanol–water partition coefficient (Wildman–Crippen LogP) is -1.11. The molecule has 1 spiro atoms. The third-order valence-corrected chi connectivity index (χ3v) is 6.36. The number of cyclic esters (lactones) is 1. The van der Waals surface area contributed by atoms with E-state index in [4.69, 9.17) is 9.47 Å². The van der Waals surface area contributed by atoms with E-state index in [-0.39, 0.29) is 13.0 Å². The van der Waals surface area contributed by atoms with E-state index in [9.17, 15) is 24.9 Å². The second kappa shape index (κ2) is 3.72. The van der Waals surface area contributed by atoms with Crippen molar-refractivity contribution in [3.63, 3.8) is 0 Å². The third-order valence-electron chi connectivity index (χ3n) is 6.36. The molecule has 2 heterocycles. The average Bonchev–Trinajstić information content (AvgIpc) is 2.87. The lowest BCUT2D eigenvalue weighted by atomic mass is 9.49. The molecule has 7 heteroatoms. The Balaban J connectivity index is 2.00. The van der Waals surface area contributed by atoms with Crippen molar-refractivity contribution >= 4 is 11.9 Å². The largest absolute Gasteiger partial charge is 0.462 e. The molecule has 4 aliphatic rings. The van der Waals surface area contributed by atoms with Crippen LogP contribution in [0.5, 0.6) is 0 Å². The molecule has 120 valence electrons. The van der Waals surface area contributed by atoms with Crippen LogP contribution >= 0.6 is 0 Å². The number of carbonyl (C=O) groups is 2. The molecule has 2 saturated heterocycles. The second-order valence-corrected chi connectivity index (χ2v) is 7.11. The number of ether oxygens (including phenoxy) is 2. The topological polar surface area (TPSA) is 113 Å². The minimum atomic E-state index is -1.98. The van der Waals surface area contributed by atoms with E-state index in [2.05, 4.69) is 0 Å². The van der Waals surface area contributed by atoms with Gasteiger partial charge in [-0.2, -0.15) is 0 Å². The minimum absolute atomic E-state index is 0.0733. The van der Waals surface area contributed by atoms with Gasteiger partial charge in [-0.15, -0.1) is 0 Å². The molecule has 0 amide bonds. The minimum Gasteiger partial charge on any atom is -0.462 e. The van der Waals surface area contributed by atoms with Crippen LogP contribution in [0.2, 0.25) is 0 Å². The van der Waals surface area contributed by atoms with Crippen molar-refractivity contribution in [2.24, 2.45) is 16.7 Å². The van der Waals surface area contributed by atoms with Crippen molar-refractivity contribution in [3.8, 4) is 0 Å².